The summed E-state index contributed by atoms with van der Waals surface area (Å²) in [7, 11) is 2.06. The summed E-state index contributed by atoms with van der Waals surface area (Å²) in [4.78, 5) is 15.1. The van der Waals surface area contributed by atoms with E-state index < -0.39 is 5.41 Å². The highest BCUT2D eigenvalue weighted by atomic mass is 32.1. The third-order valence-electron chi connectivity index (χ3n) is 4.45. The topological polar surface area (TPSA) is 67.6 Å². The molecule has 2 aliphatic rings. The van der Waals surface area contributed by atoms with Gasteiger partial charge in [-0.15, -0.1) is 0 Å². The van der Waals surface area contributed by atoms with E-state index in [2.05, 4.69) is 17.3 Å². The van der Waals surface area contributed by atoms with Crippen molar-refractivity contribution in [2.24, 2.45) is 11.1 Å². The second-order valence-corrected chi connectivity index (χ2v) is 6.41. The van der Waals surface area contributed by atoms with E-state index in [9.17, 15) is 4.79 Å². The second-order valence-electron chi connectivity index (χ2n) is 5.97. The molecule has 2 rings (SSSR count). The number of nitrogens with two attached hydrogens (primary N) is 1. The highest BCUT2D eigenvalue weighted by Crippen LogP contribution is 2.36. The number of hydrogen-bond donors (Lipinski definition) is 2. The van der Waals surface area contributed by atoms with Crippen molar-refractivity contribution in [1.29, 1.82) is 0 Å². The first-order chi connectivity index (χ1) is 9.54. The molecule has 114 valence electrons. The Morgan fingerprint density at radius 2 is 2.15 bits per heavy atom. The number of carbonyl (C=O) groups excluding carboxylic acids is 1. The van der Waals surface area contributed by atoms with E-state index >= 15 is 0 Å². The molecule has 3 N–H and O–H groups in total. The Kier molecular flexibility index (Phi) is 5.35. The van der Waals surface area contributed by atoms with E-state index in [4.69, 9.17) is 22.7 Å². The van der Waals surface area contributed by atoms with Gasteiger partial charge in [0.2, 0.25) is 5.91 Å². The molecular weight excluding hydrogens is 274 g/mol. The van der Waals surface area contributed by atoms with Gasteiger partial charge in [-0.05, 0) is 19.9 Å². The molecule has 1 amide bonds. The lowest BCUT2D eigenvalue weighted by Crippen LogP contribution is -2.53. The third kappa shape index (κ3) is 3.48. The Bertz CT molecular complexity index is 369. The van der Waals surface area contributed by atoms with Gasteiger partial charge in [0, 0.05) is 19.6 Å². The van der Waals surface area contributed by atoms with Gasteiger partial charge in [0.1, 0.15) is 0 Å². The number of morpholine rings is 1. The van der Waals surface area contributed by atoms with Crippen LogP contribution in [0.15, 0.2) is 0 Å². The number of nitrogens with zero attached hydrogens (tertiary/aromatic N) is 1. The van der Waals surface area contributed by atoms with Crippen molar-refractivity contribution >= 4 is 23.1 Å². The van der Waals surface area contributed by atoms with Crippen LogP contribution in [0.2, 0.25) is 0 Å². The van der Waals surface area contributed by atoms with Crippen LogP contribution in [0.25, 0.3) is 0 Å². The molecule has 1 heterocycles. The zero-order valence-electron chi connectivity index (χ0n) is 12.2. The summed E-state index contributed by atoms with van der Waals surface area (Å²) < 4.78 is 5.66. The van der Waals surface area contributed by atoms with Gasteiger partial charge in [-0.2, -0.15) is 0 Å². The lowest BCUT2D eigenvalue weighted by molar-refractivity contribution is -0.130. The molecule has 0 spiro atoms. The molecule has 1 aliphatic heterocycles. The van der Waals surface area contributed by atoms with Crippen LogP contribution >= 0.6 is 12.2 Å². The maximum atomic E-state index is 12.5. The fourth-order valence-electron chi connectivity index (χ4n) is 3.11. The van der Waals surface area contributed by atoms with Crippen molar-refractivity contribution in [2.75, 3.05) is 33.3 Å². The SMILES string of the molecule is CN1CCOC(CNC(=O)C2(C(N)=S)CCCCC2)C1. The molecule has 0 aromatic rings. The molecule has 0 aromatic carbocycles. The van der Waals surface area contributed by atoms with Crippen molar-refractivity contribution in [2.45, 2.75) is 38.2 Å². The zero-order valence-corrected chi connectivity index (χ0v) is 13.0. The van der Waals surface area contributed by atoms with Crippen LogP contribution in [-0.2, 0) is 9.53 Å². The average molecular weight is 299 g/mol. The van der Waals surface area contributed by atoms with Crippen LogP contribution in [0.1, 0.15) is 32.1 Å². The van der Waals surface area contributed by atoms with Crippen molar-refractivity contribution in [3.63, 3.8) is 0 Å². The number of ether oxygens (including phenoxy) is 1. The van der Waals surface area contributed by atoms with Gasteiger partial charge in [-0.25, -0.2) is 0 Å². The summed E-state index contributed by atoms with van der Waals surface area (Å²) >= 11 is 5.17. The van der Waals surface area contributed by atoms with Crippen molar-refractivity contribution < 1.29 is 9.53 Å². The molecule has 6 heteroatoms. The average Bonchev–Trinajstić information content (AvgIpc) is 2.45. The molecular formula is C14H25N3O2S. The summed E-state index contributed by atoms with van der Waals surface area (Å²) in [5, 5.41) is 3.01. The summed E-state index contributed by atoms with van der Waals surface area (Å²) in [6.07, 6.45) is 4.82. The van der Waals surface area contributed by atoms with Gasteiger partial charge in [-0.3, -0.25) is 4.79 Å². The Morgan fingerprint density at radius 3 is 2.75 bits per heavy atom. The number of amides is 1. The fraction of sp³-hybridized carbons (Fsp3) is 0.857. The fourth-order valence-corrected chi connectivity index (χ4v) is 3.40. The molecule has 1 saturated carbocycles. The molecule has 0 aromatic heterocycles. The largest absolute Gasteiger partial charge is 0.392 e. The summed E-state index contributed by atoms with van der Waals surface area (Å²) in [6, 6.07) is 0. The predicted octanol–water partition coefficient (Wildman–Crippen LogP) is 0.670. The lowest BCUT2D eigenvalue weighted by atomic mass is 9.73. The molecule has 20 heavy (non-hydrogen) atoms. The molecule has 1 atom stereocenters. The highest BCUT2D eigenvalue weighted by Gasteiger charge is 2.42. The molecule has 1 unspecified atom stereocenters. The van der Waals surface area contributed by atoms with E-state index in [0.717, 1.165) is 51.8 Å². The molecule has 2 fully saturated rings. The summed E-state index contributed by atoms with van der Waals surface area (Å²) in [5.74, 6) is -0.0125. The Hall–Kier alpha value is -0.720. The number of rotatable bonds is 4. The van der Waals surface area contributed by atoms with Gasteiger partial charge in [0.15, 0.2) is 0 Å². The quantitative estimate of drug-likeness (QED) is 0.747. The lowest BCUT2D eigenvalue weighted by Gasteiger charge is -2.36. The summed E-state index contributed by atoms with van der Waals surface area (Å²) in [6.45, 7) is 3.05. The van der Waals surface area contributed by atoms with Crippen molar-refractivity contribution in [1.82, 2.24) is 10.2 Å². The molecule has 5 nitrogen and oxygen atoms in total. The van der Waals surface area contributed by atoms with Gasteiger partial charge in [0.05, 0.1) is 23.1 Å². The number of likely N-dealkylation sites (N-methyl/N-ethyl adjacent to an activating group) is 1. The molecule has 0 radical (unpaired) electrons. The minimum atomic E-state index is -0.631. The Balaban J connectivity index is 1.90. The van der Waals surface area contributed by atoms with Crippen LogP contribution in [0.4, 0.5) is 0 Å². The van der Waals surface area contributed by atoms with Crippen LogP contribution in [-0.4, -0.2) is 55.2 Å². The maximum absolute atomic E-state index is 12.5. The minimum Gasteiger partial charge on any atom is -0.392 e. The minimum absolute atomic E-state index is 0.0125. The van der Waals surface area contributed by atoms with E-state index in [1.807, 2.05) is 0 Å². The Morgan fingerprint density at radius 1 is 1.45 bits per heavy atom. The number of thiocarbonyl (C=S) groups is 1. The second kappa shape index (κ2) is 6.83. The van der Waals surface area contributed by atoms with Crippen molar-refractivity contribution in [3.8, 4) is 0 Å². The first-order valence-electron chi connectivity index (χ1n) is 7.43. The number of carbonyl (C=O) groups is 1. The zero-order chi connectivity index (χ0) is 14.6. The first-order valence-corrected chi connectivity index (χ1v) is 7.84. The molecule has 0 bridgehead atoms. The van der Waals surface area contributed by atoms with E-state index in [1.54, 1.807) is 0 Å². The van der Waals surface area contributed by atoms with Crippen LogP contribution in [0.5, 0.6) is 0 Å². The van der Waals surface area contributed by atoms with Crippen LogP contribution < -0.4 is 11.1 Å². The standard InChI is InChI=1S/C14H25N3O2S/c1-17-7-8-19-11(10-17)9-16-13(18)14(12(15)20)5-3-2-4-6-14/h11H,2-10H2,1H3,(H2,15,20)(H,16,18). The van der Waals surface area contributed by atoms with Crippen molar-refractivity contribution in [3.05, 3.63) is 0 Å². The smallest absolute Gasteiger partial charge is 0.233 e. The maximum Gasteiger partial charge on any atom is 0.233 e. The van der Waals surface area contributed by atoms with E-state index in [1.165, 1.54) is 0 Å². The first kappa shape index (κ1) is 15.7. The summed E-state index contributed by atoms with van der Waals surface area (Å²) in [5.41, 5.74) is 5.23. The third-order valence-corrected chi connectivity index (χ3v) is 4.84. The van der Waals surface area contributed by atoms with Gasteiger partial charge >= 0.3 is 0 Å². The molecule has 1 aliphatic carbocycles. The van der Waals surface area contributed by atoms with Crippen LogP contribution in [0, 0.1) is 5.41 Å². The number of hydrogen-bond acceptors (Lipinski definition) is 4. The molecule has 1 saturated heterocycles. The van der Waals surface area contributed by atoms with Crippen LogP contribution in [0.3, 0.4) is 0 Å². The van der Waals surface area contributed by atoms with Gasteiger partial charge in [-0.1, -0.05) is 31.5 Å². The Labute approximate surface area is 126 Å². The normalized spacial score (nSPS) is 26.9. The van der Waals surface area contributed by atoms with E-state index in [-0.39, 0.29) is 12.0 Å². The highest BCUT2D eigenvalue weighted by molar-refractivity contribution is 7.80. The number of nitrogens with one attached hydrogen (secondary N) is 1. The monoisotopic (exact) mass is 299 g/mol. The van der Waals surface area contributed by atoms with E-state index in [0.29, 0.717) is 11.5 Å². The van der Waals surface area contributed by atoms with Gasteiger partial charge in [0.25, 0.3) is 0 Å². The predicted molar refractivity (Wildman–Crippen MR) is 82.6 cm³/mol. The van der Waals surface area contributed by atoms with Gasteiger partial charge < -0.3 is 20.7 Å².